The molecule has 1 saturated carbocycles. The molecule has 10 nitrogen and oxygen atoms in total. The number of pyridine rings is 1. The van der Waals surface area contributed by atoms with Crippen molar-refractivity contribution < 1.29 is 14.0 Å². The number of thiazole rings is 1. The number of halogens is 2. The van der Waals surface area contributed by atoms with Crippen LogP contribution in [0.5, 0.6) is 0 Å². The number of fused-ring (bicyclic) bond motifs is 1. The van der Waals surface area contributed by atoms with Crippen molar-refractivity contribution in [1.29, 1.82) is 0 Å². The summed E-state index contributed by atoms with van der Waals surface area (Å²) in [5.74, 6) is -0.0824. The third-order valence-electron chi connectivity index (χ3n) is 6.20. The van der Waals surface area contributed by atoms with Crippen LogP contribution >= 0.6 is 22.9 Å². The maximum atomic E-state index is 14.9. The molecule has 4 aromatic heterocycles. The number of benzene rings is 1. The SMILES string of the molecule is O=C1CC(NC(=O)c2ncc(Cl)s2)CC(n2c(-c3ccccc3F)nc3cnc(-c4nc[nH]n4)cc32)C1. The zero-order valence-electron chi connectivity index (χ0n) is 19.1. The topological polar surface area (TPSA) is 131 Å². The highest BCUT2D eigenvalue weighted by Crippen LogP contribution is 2.36. The van der Waals surface area contributed by atoms with Crippen molar-refractivity contribution in [2.75, 3.05) is 0 Å². The average Bonchev–Trinajstić information content (AvgIpc) is 3.63. The number of nitrogens with zero attached hydrogens (tertiary/aromatic N) is 6. The Labute approximate surface area is 218 Å². The Hall–Kier alpha value is -4.03. The van der Waals surface area contributed by atoms with Gasteiger partial charge in [0.05, 0.1) is 23.5 Å². The van der Waals surface area contributed by atoms with Crippen LogP contribution in [-0.4, -0.2) is 52.4 Å². The quantitative estimate of drug-likeness (QED) is 0.343. The Morgan fingerprint density at radius 2 is 2.05 bits per heavy atom. The number of H-pyrrole nitrogens is 1. The molecule has 37 heavy (non-hydrogen) atoms. The monoisotopic (exact) mass is 536 g/mol. The number of nitrogens with one attached hydrogen (secondary N) is 2. The van der Waals surface area contributed by atoms with E-state index in [-0.39, 0.29) is 23.6 Å². The van der Waals surface area contributed by atoms with Crippen LogP contribution in [0, 0.1) is 5.82 Å². The molecule has 1 aromatic carbocycles. The number of aromatic amines is 1. The maximum Gasteiger partial charge on any atom is 0.280 e. The van der Waals surface area contributed by atoms with Gasteiger partial charge in [-0.1, -0.05) is 35.1 Å². The summed E-state index contributed by atoms with van der Waals surface area (Å²) < 4.78 is 17.2. The number of rotatable bonds is 5. The van der Waals surface area contributed by atoms with Crippen LogP contribution in [0.15, 0.2) is 49.1 Å². The molecule has 1 aliphatic carbocycles. The first-order valence-electron chi connectivity index (χ1n) is 11.4. The van der Waals surface area contributed by atoms with E-state index in [1.54, 1.807) is 30.5 Å². The first kappa shape index (κ1) is 23.4. The lowest BCUT2D eigenvalue weighted by atomic mass is 9.89. The predicted molar refractivity (Wildman–Crippen MR) is 135 cm³/mol. The van der Waals surface area contributed by atoms with Crippen molar-refractivity contribution in [3.63, 3.8) is 0 Å². The second kappa shape index (κ2) is 9.45. The normalized spacial score (nSPS) is 17.8. The fraction of sp³-hybridized carbons (Fsp3) is 0.208. The summed E-state index contributed by atoms with van der Waals surface area (Å²) in [5, 5.41) is 9.90. The minimum Gasteiger partial charge on any atom is -0.347 e. The first-order chi connectivity index (χ1) is 18.0. The van der Waals surface area contributed by atoms with E-state index in [1.807, 2.05) is 4.57 Å². The van der Waals surface area contributed by atoms with Gasteiger partial charge in [-0.05, 0) is 24.6 Å². The van der Waals surface area contributed by atoms with Gasteiger partial charge in [0.1, 0.15) is 39.3 Å². The summed E-state index contributed by atoms with van der Waals surface area (Å²) >= 11 is 6.99. The van der Waals surface area contributed by atoms with Crippen molar-refractivity contribution in [2.45, 2.75) is 31.3 Å². The van der Waals surface area contributed by atoms with Crippen molar-refractivity contribution in [3.05, 3.63) is 64.2 Å². The molecule has 0 saturated heterocycles. The summed E-state index contributed by atoms with van der Waals surface area (Å²) in [6, 6.07) is 7.29. The Kier molecular flexibility index (Phi) is 5.97. The Bertz CT molecular complexity index is 1630. The number of hydrogen-bond donors (Lipinski definition) is 2. The summed E-state index contributed by atoms with van der Waals surface area (Å²) in [6.45, 7) is 0. The Morgan fingerprint density at radius 3 is 2.81 bits per heavy atom. The lowest BCUT2D eigenvalue weighted by Gasteiger charge is -2.31. The van der Waals surface area contributed by atoms with Crippen LogP contribution in [0.3, 0.4) is 0 Å². The van der Waals surface area contributed by atoms with E-state index in [1.165, 1.54) is 18.6 Å². The summed E-state index contributed by atoms with van der Waals surface area (Å²) in [4.78, 5) is 42.9. The highest BCUT2D eigenvalue weighted by Gasteiger charge is 2.33. The molecule has 2 N–H and O–H groups in total. The highest BCUT2D eigenvalue weighted by atomic mass is 35.5. The van der Waals surface area contributed by atoms with Crippen LogP contribution in [0.25, 0.3) is 33.9 Å². The molecule has 2 unspecified atom stereocenters. The van der Waals surface area contributed by atoms with Gasteiger partial charge in [0.2, 0.25) is 0 Å². The molecule has 4 heterocycles. The molecule has 5 aromatic rings. The van der Waals surface area contributed by atoms with E-state index < -0.39 is 23.8 Å². The van der Waals surface area contributed by atoms with E-state index in [2.05, 4.69) is 30.5 Å². The number of hydrogen-bond acceptors (Lipinski definition) is 8. The van der Waals surface area contributed by atoms with Crippen LogP contribution in [-0.2, 0) is 4.79 Å². The third kappa shape index (κ3) is 4.49. The minimum absolute atomic E-state index is 0.0247. The lowest BCUT2D eigenvalue weighted by molar-refractivity contribution is -0.121. The second-order valence-corrected chi connectivity index (χ2v) is 10.3. The van der Waals surface area contributed by atoms with Gasteiger partial charge in [0.25, 0.3) is 5.91 Å². The standard InChI is InChI=1S/C24H18ClFN8O2S/c25-20-10-28-24(37-20)23(36)31-12-5-13(7-14(35)6-12)34-19-8-17(21-29-11-30-33-21)27-9-18(19)32-22(34)15-3-1-2-4-16(15)26/h1-4,8-13H,5-7H2,(H,31,36)(H,29,30,33). The smallest absolute Gasteiger partial charge is 0.280 e. The second-order valence-electron chi connectivity index (χ2n) is 8.64. The number of ketones is 1. The third-order valence-corrected chi connectivity index (χ3v) is 7.31. The van der Waals surface area contributed by atoms with Gasteiger partial charge in [-0.2, -0.15) is 5.10 Å². The molecule has 0 spiro atoms. The molecule has 186 valence electrons. The van der Waals surface area contributed by atoms with E-state index >= 15 is 0 Å². The van der Waals surface area contributed by atoms with Crippen LogP contribution in [0.1, 0.15) is 35.1 Å². The molecule has 6 rings (SSSR count). The molecular weight excluding hydrogens is 519 g/mol. The van der Waals surface area contributed by atoms with E-state index in [0.29, 0.717) is 44.7 Å². The maximum absolute atomic E-state index is 14.9. The van der Waals surface area contributed by atoms with Gasteiger partial charge < -0.3 is 9.88 Å². The minimum atomic E-state index is -0.443. The number of amides is 1. The number of carbonyl (C=O) groups excluding carboxylic acids is 2. The molecule has 1 aliphatic rings. The van der Waals surface area contributed by atoms with Crippen LogP contribution < -0.4 is 5.32 Å². The fourth-order valence-electron chi connectivity index (χ4n) is 4.68. The van der Waals surface area contributed by atoms with Gasteiger partial charge in [-0.25, -0.2) is 19.3 Å². The summed E-state index contributed by atoms with van der Waals surface area (Å²) in [6.07, 6.45) is 5.27. The van der Waals surface area contributed by atoms with Crippen molar-refractivity contribution in [2.24, 2.45) is 0 Å². The molecule has 0 bridgehead atoms. The van der Waals surface area contributed by atoms with Crippen molar-refractivity contribution in [1.82, 2.24) is 40.0 Å². The van der Waals surface area contributed by atoms with Crippen molar-refractivity contribution >= 4 is 45.7 Å². The number of carbonyl (C=O) groups is 2. The zero-order valence-corrected chi connectivity index (χ0v) is 20.6. The molecule has 1 fully saturated rings. The predicted octanol–water partition coefficient (Wildman–Crippen LogP) is 4.23. The van der Waals surface area contributed by atoms with Gasteiger partial charge in [0, 0.05) is 24.9 Å². The summed E-state index contributed by atoms with van der Waals surface area (Å²) in [5.41, 5.74) is 2.00. The van der Waals surface area contributed by atoms with Gasteiger partial charge >= 0.3 is 0 Å². The highest BCUT2D eigenvalue weighted by molar-refractivity contribution is 7.17. The lowest BCUT2D eigenvalue weighted by Crippen LogP contribution is -2.41. The zero-order chi connectivity index (χ0) is 25.5. The number of Topliss-reactive ketones (excluding diaryl/α,β-unsaturated/α-hetero) is 1. The average molecular weight is 537 g/mol. The Morgan fingerprint density at radius 1 is 1.19 bits per heavy atom. The summed E-state index contributed by atoms with van der Waals surface area (Å²) in [7, 11) is 0. The molecule has 0 radical (unpaired) electrons. The van der Waals surface area contributed by atoms with E-state index in [0.717, 1.165) is 11.3 Å². The van der Waals surface area contributed by atoms with Crippen molar-refractivity contribution in [3.8, 4) is 22.9 Å². The molecule has 1 amide bonds. The van der Waals surface area contributed by atoms with Gasteiger partial charge in [0.15, 0.2) is 10.8 Å². The van der Waals surface area contributed by atoms with Gasteiger partial charge in [-0.15, -0.1) is 0 Å². The largest absolute Gasteiger partial charge is 0.347 e. The van der Waals surface area contributed by atoms with E-state index in [9.17, 15) is 14.0 Å². The molecule has 13 heteroatoms. The molecule has 2 atom stereocenters. The van der Waals surface area contributed by atoms with Gasteiger partial charge in [-0.3, -0.25) is 19.7 Å². The molecular formula is C24H18ClFN8O2S. The Balaban J connectivity index is 1.43. The first-order valence-corrected chi connectivity index (χ1v) is 12.6. The van der Waals surface area contributed by atoms with Crippen LogP contribution in [0.4, 0.5) is 4.39 Å². The van der Waals surface area contributed by atoms with E-state index in [4.69, 9.17) is 16.6 Å². The van der Waals surface area contributed by atoms with Crippen LogP contribution in [0.2, 0.25) is 4.34 Å². The number of imidazole rings is 1. The molecule has 0 aliphatic heterocycles. The fourth-order valence-corrected chi connectivity index (χ4v) is 5.50. The number of aromatic nitrogens is 7.